The summed E-state index contributed by atoms with van der Waals surface area (Å²) in [6.07, 6.45) is 1.16. The molecule has 2 unspecified atom stereocenters. The summed E-state index contributed by atoms with van der Waals surface area (Å²) in [6, 6.07) is 4.89. The zero-order valence-electron chi connectivity index (χ0n) is 10.5. The Morgan fingerprint density at radius 1 is 1.24 bits per heavy atom. The average molecular weight is 233 g/mol. The molecular weight excluding hydrogens is 214 g/mol. The van der Waals surface area contributed by atoms with Gasteiger partial charge in [0, 0.05) is 12.6 Å². The SMILES string of the molecule is CCC1NCc2cc3c(cc2C1C)OCCO3. The van der Waals surface area contributed by atoms with E-state index < -0.39 is 0 Å². The monoisotopic (exact) mass is 233 g/mol. The minimum atomic E-state index is 0.541. The van der Waals surface area contributed by atoms with Gasteiger partial charge in [-0.2, -0.15) is 0 Å². The second kappa shape index (κ2) is 4.22. The molecule has 0 fully saturated rings. The van der Waals surface area contributed by atoms with E-state index in [2.05, 4.69) is 31.3 Å². The van der Waals surface area contributed by atoms with Gasteiger partial charge in [0.1, 0.15) is 13.2 Å². The zero-order chi connectivity index (χ0) is 11.8. The first kappa shape index (κ1) is 10.9. The highest BCUT2D eigenvalue weighted by Gasteiger charge is 2.27. The van der Waals surface area contributed by atoms with Crippen molar-refractivity contribution in [1.29, 1.82) is 0 Å². The Morgan fingerprint density at radius 2 is 1.94 bits per heavy atom. The van der Waals surface area contributed by atoms with Crippen molar-refractivity contribution < 1.29 is 9.47 Å². The standard InChI is InChI=1S/C14H19NO2/c1-3-12-9(2)11-7-14-13(16-4-5-17-14)6-10(11)8-15-12/h6-7,9,12,15H,3-5,8H2,1-2H3. The van der Waals surface area contributed by atoms with Crippen LogP contribution in [-0.2, 0) is 6.54 Å². The van der Waals surface area contributed by atoms with E-state index in [-0.39, 0.29) is 0 Å². The molecule has 2 aliphatic heterocycles. The van der Waals surface area contributed by atoms with Crippen molar-refractivity contribution in [1.82, 2.24) is 5.32 Å². The summed E-state index contributed by atoms with van der Waals surface area (Å²) in [5.41, 5.74) is 2.77. The van der Waals surface area contributed by atoms with Gasteiger partial charge < -0.3 is 14.8 Å². The van der Waals surface area contributed by atoms with Crippen LogP contribution in [0.2, 0.25) is 0 Å². The molecule has 0 radical (unpaired) electrons. The van der Waals surface area contributed by atoms with Crippen LogP contribution in [0.4, 0.5) is 0 Å². The van der Waals surface area contributed by atoms with Crippen molar-refractivity contribution in [3.8, 4) is 11.5 Å². The highest BCUT2D eigenvalue weighted by molar-refractivity contribution is 5.50. The van der Waals surface area contributed by atoms with E-state index in [1.807, 2.05) is 0 Å². The molecule has 2 aliphatic rings. The van der Waals surface area contributed by atoms with Crippen LogP contribution in [0.15, 0.2) is 12.1 Å². The largest absolute Gasteiger partial charge is 0.486 e. The summed E-state index contributed by atoms with van der Waals surface area (Å²) >= 11 is 0. The number of hydrogen-bond acceptors (Lipinski definition) is 3. The Hall–Kier alpha value is -1.22. The number of rotatable bonds is 1. The molecule has 0 amide bonds. The lowest BCUT2D eigenvalue weighted by atomic mass is 9.84. The number of ether oxygens (including phenoxy) is 2. The van der Waals surface area contributed by atoms with E-state index in [0.717, 1.165) is 24.5 Å². The van der Waals surface area contributed by atoms with Crippen molar-refractivity contribution in [2.75, 3.05) is 13.2 Å². The summed E-state index contributed by atoms with van der Waals surface area (Å²) < 4.78 is 11.3. The predicted molar refractivity (Wildman–Crippen MR) is 66.8 cm³/mol. The van der Waals surface area contributed by atoms with Gasteiger partial charge in [0.2, 0.25) is 0 Å². The van der Waals surface area contributed by atoms with E-state index >= 15 is 0 Å². The molecule has 1 aromatic rings. The number of nitrogens with one attached hydrogen (secondary N) is 1. The van der Waals surface area contributed by atoms with Crippen LogP contribution in [0.25, 0.3) is 0 Å². The molecule has 0 bridgehead atoms. The maximum atomic E-state index is 5.66. The molecule has 3 rings (SSSR count). The topological polar surface area (TPSA) is 30.5 Å². The molecule has 2 heterocycles. The van der Waals surface area contributed by atoms with E-state index in [1.54, 1.807) is 0 Å². The van der Waals surface area contributed by atoms with Crippen LogP contribution in [0, 0.1) is 0 Å². The molecule has 0 aromatic heterocycles. The molecule has 2 atom stereocenters. The first-order chi connectivity index (χ1) is 8.29. The molecule has 3 nitrogen and oxygen atoms in total. The lowest BCUT2D eigenvalue weighted by Crippen LogP contribution is -2.37. The van der Waals surface area contributed by atoms with Gasteiger partial charge in [-0.05, 0) is 35.6 Å². The number of benzene rings is 1. The van der Waals surface area contributed by atoms with Crippen molar-refractivity contribution in [2.24, 2.45) is 0 Å². The third-order valence-corrected chi connectivity index (χ3v) is 3.89. The fourth-order valence-corrected chi connectivity index (χ4v) is 2.86. The Morgan fingerprint density at radius 3 is 2.65 bits per heavy atom. The second-order valence-electron chi connectivity index (χ2n) is 4.88. The maximum absolute atomic E-state index is 5.66. The van der Waals surface area contributed by atoms with Crippen molar-refractivity contribution in [3.63, 3.8) is 0 Å². The highest BCUT2D eigenvalue weighted by Crippen LogP contribution is 2.38. The minimum Gasteiger partial charge on any atom is -0.486 e. The average Bonchev–Trinajstić information content (AvgIpc) is 2.37. The normalized spacial score (nSPS) is 26.5. The fraction of sp³-hybridized carbons (Fsp3) is 0.571. The van der Waals surface area contributed by atoms with Gasteiger partial charge in [-0.25, -0.2) is 0 Å². The predicted octanol–water partition coefficient (Wildman–Crippen LogP) is 2.44. The van der Waals surface area contributed by atoms with E-state index in [1.165, 1.54) is 11.1 Å². The van der Waals surface area contributed by atoms with Crippen molar-refractivity contribution in [2.45, 2.75) is 38.8 Å². The molecular formula is C14H19NO2. The summed E-state index contributed by atoms with van der Waals surface area (Å²) in [5, 5.41) is 3.59. The molecule has 0 saturated carbocycles. The Bertz CT molecular complexity index is 430. The van der Waals surface area contributed by atoms with E-state index in [9.17, 15) is 0 Å². The van der Waals surface area contributed by atoms with Crippen LogP contribution in [0.1, 0.15) is 37.3 Å². The quantitative estimate of drug-likeness (QED) is 0.808. The number of hydrogen-bond donors (Lipinski definition) is 1. The summed E-state index contributed by atoms with van der Waals surface area (Å²) in [5.74, 6) is 2.36. The van der Waals surface area contributed by atoms with Gasteiger partial charge in [-0.15, -0.1) is 0 Å². The van der Waals surface area contributed by atoms with Gasteiger partial charge in [-0.3, -0.25) is 0 Å². The van der Waals surface area contributed by atoms with Gasteiger partial charge in [0.05, 0.1) is 0 Å². The minimum absolute atomic E-state index is 0.541. The Labute approximate surface area is 102 Å². The third-order valence-electron chi connectivity index (χ3n) is 3.89. The molecule has 0 saturated heterocycles. The first-order valence-corrected chi connectivity index (χ1v) is 6.45. The van der Waals surface area contributed by atoms with Crippen molar-refractivity contribution >= 4 is 0 Å². The van der Waals surface area contributed by atoms with Gasteiger partial charge in [-0.1, -0.05) is 13.8 Å². The lowest BCUT2D eigenvalue weighted by Gasteiger charge is -2.33. The van der Waals surface area contributed by atoms with Crippen LogP contribution >= 0.6 is 0 Å². The van der Waals surface area contributed by atoms with Gasteiger partial charge in [0.15, 0.2) is 11.5 Å². The molecule has 92 valence electrons. The second-order valence-corrected chi connectivity index (χ2v) is 4.88. The molecule has 1 aromatic carbocycles. The zero-order valence-corrected chi connectivity index (χ0v) is 10.5. The van der Waals surface area contributed by atoms with Gasteiger partial charge >= 0.3 is 0 Å². The third kappa shape index (κ3) is 1.78. The van der Waals surface area contributed by atoms with Crippen LogP contribution in [-0.4, -0.2) is 19.3 Å². The highest BCUT2D eigenvalue weighted by atomic mass is 16.6. The summed E-state index contributed by atoms with van der Waals surface area (Å²) in [6.45, 7) is 6.78. The van der Waals surface area contributed by atoms with E-state index in [0.29, 0.717) is 25.2 Å². The molecule has 17 heavy (non-hydrogen) atoms. The lowest BCUT2D eigenvalue weighted by molar-refractivity contribution is 0.170. The van der Waals surface area contributed by atoms with Crippen molar-refractivity contribution in [3.05, 3.63) is 23.3 Å². The summed E-state index contributed by atoms with van der Waals surface area (Å²) in [4.78, 5) is 0. The molecule has 0 spiro atoms. The first-order valence-electron chi connectivity index (χ1n) is 6.45. The Balaban J connectivity index is 2.01. The smallest absolute Gasteiger partial charge is 0.161 e. The fourth-order valence-electron chi connectivity index (χ4n) is 2.86. The number of fused-ring (bicyclic) bond motifs is 2. The summed E-state index contributed by atoms with van der Waals surface area (Å²) in [7, 11) is 0. The Kier molecular flexibility index (Phi) is 2.71. The molecule has 3 heteroatoms. The van der Waals surface area contributed by atoms with Crippen LogP contribution in [0.5, 0.6) is 11.5 Å². The molecule has 1 N–H and O–H groups in total. The maximum Gasteiger partial charge on any atom is 0.161 e. The van der Waals surface area contributed by atoms with Gasteiger partial charge in [0.25, 0.3) is 0 Å². The van der Waals surface area contributed by atoms with E-state index in [4.69, 9.17) is 9.47 Å². The molecule has 0 aliphatic carbocycles. The van der Waals surface area contributed by atoms with Crippen LogP contribution < -0.4 is 14.8 Å². The van der Waals surface area contributed by atoms with Crippen LogP contribution in [0.3, 0.4) is 0 Å².